The van der Waals surface area contributed by atoms with Crippen molar-refractivity contribution < 1.29 is 9.18 Å². The maximum Gasteiger partial charge on any atom is 0.224 e. The van der Waals surface area contributed by atoms with Crippen LogP contribution in [0.25, 0.3) is 11.0 Å². The van der Waals surface area contributed by atoms with Crippen molar-refractivity contribution in [2.45, 2.75) is 25.3 Å². The number of likely N-dealkylation sites (tertiary alicyclic amines) is 1. The van der Waals surface area contributed by atoms with Gasteiger partial charge in [-0.2, -0.15) is 0 Å². The molecule has 2 aromatic carbocycles. The molecular weight excluding hydrogens is 317 g/mol. The van der Waals surface area contributed by atoms with Crippen LogP contribution in [0.1, 0.15) is 24.3 Å². The number of amides is 1. The summed E-state index contributed by atoms with van der Waals surface area (Å²) in [5.41, 5.74) is 3.12. The van der Waals surface area contributed by atoms with Crippen LogP contribution in [0.4, 0.5) is 4.39 Å². The van der Waals surface area contributed by atoms with Gasteiger partial charge in [0.15, 0.2) is 0 Å². The zero-order valence-electron chi connectivity index (χ0n) is 13.9. The zero-order chi connectivity index (χ0) is 17.2. The van der Waals surface area contributed by atoms with Crippen molar-refractivity contribution >= 4 is 16.9 Å². The summed E-state index contributed by atoms with van der Waals surface area (Å²) in [6.07, 6.45) is 3.20. The van der Waals surface area contributed by atoms with Crippen molar-refractivity contribution in [2.24, 2.45) is 0 Å². The summed E-state index contributed by atoms with van der Waals surface area (Å²) in [6.45, 7) is 2.12. The van der Waals surface area contributed by atoms with Gasteiger partial charge in [-0.25, -0.2) is 9.37 Å². The third kappa shape index (κ3) is 3.27. The Hall–Kier alpha value is -2.69. The highest BCUT2D eigenvalue weighted by molar-refractivity contribution is 5.78. The van der Waals surface area contributed by atoms with E-state index < -0.39 is 0 Å². The highest BCUT2D eigenvalue weighted by atomic mass is 19.1. The quantitative estimate of drug-likeness (QED) is 0.730. The van der Waals surface area contributed by atoms with Crippen LogP contribution in [0.15, 0.2) is 54.9 Å². The van der Waals surface area contributed by atoms with E-state index in [4.69, 9.17) is 0 Å². The lowest BCUT2D eigenvalue weighted by atomic mass is 9.99. The Kier molecular flexibility index (Phi) is 4.22. The van der Waals surface area contributed by atoms with Crippen molar-refractivity contribution in [3.8, 4) is 0 Å². The van der Waals surface area contributed by atoms with Gasteiger partial charge in [-0.1, -0.05) is 24.3 Å². The summed E-state index contributed by atoms with van der Waals surface area (Å²) in [6, 6.07) is 14.6. The molecule has 5 heteroatoms. The van der Waals surface area contributed by atoms with E-state index >= 15 is 0 Å². The first-order valence-corrected chi connectivity index (χ1v) is 8.64. The number of para-hydroxylation sites is 2. The van der Waals surface area contributed by atoms with Crippen molar-refractivity contribution in [1.29, 1.82) is 0 Å². The Morgan fingerprint density at radius 1 is 1.16 bits per heavy atom. The first kappa shape index (κ1) is 15.8. The van der Waals surface area contributed by atoms with Gasteiger partial charge in [-0.15, -0.1) is 0 Å². The fraction of sp³-hybridized carbons (Fsp3) is 0.300. The van der Waals surface area contributed by atoms with E-state index in [0.717, 1.165) is 36.1 Å². The number of rotatable bonds is 4. The molecule has 0 radical (unpaired) electrons. The fourth-order valence-electron chi connectivity index (χ4n) is 3.56. The molecule has 128 valence electrons. The van der Waals surface area contributed by atoms with Crippen LogP contribution in [0.5, 0.6) is 0 Å². The number of carbonyl (C=O) groups excluding carboxylic acids is 1. The van der Waals surface area contributed by atoms with E-state index in [1.807, 2.05) is 45.9 Å². The Bertz CT molecular complexity index is 887. The van der Waals surface area contributed by atoms with E-state index in [9.17, 15) is 9.18 Å². The summed E-state index contributed by atoms with van der Waals surface area (Å²) >= 11 is 0. The molecule has 4 rings (SSSR count). The molecular formula is C20H20FN3O. The van der Waals surface area contributed by atoms with Crippen LogP contribution in [0.3, 0.4) is 0 Å². The number of benzene rings is 2. The second-order valence-electron chi connectivity index (χ2n) is 6.55. The average Bonchev–Trinajstić information content (AvgIpc) is 3.28. The van der Waals surface area contributed by atoms with Crippen LogP contribution in [-0.4, -0.2) is 33.4 Å². The van der Waals surface area contributed by atoms with Gasteiger partial charge in [0.25, 0.3) is 0 Å². The Labute approximate surface area is 145 Å². The van der Waals surface area contributed by atoms with Crippen LogP contribution in [0, 0.1) is 5.82 Å². The minimum atomic E-state index is -0.220. The number of hydrogen-bond donors (Lipinski definition) is 0. The molecule has 1 saturated heterocycles. The number of fused-ring (bicyclic) bond motifs is 1. The van der Waals surface area contributed by atoms with Crippen LogP contribution < -0.4 is 0 Å². The Morgan fingerprint density at radius 3 is 2.80 bits per heavy atom. The minimum absolute atomic E-state index is 0.169. The number of nitrogens with zero attached hydrogens (tertiary/aromatic N) is 3. The summed E-state index contributed by atoms with van der Waals surface area (Å²) < 4.78 is 15.1. The molecule has 1 unspecified atom stereocenters. The Balaban J connectivity index is 1.36. The van der Waals surface area contributed by atoms with Crippen molar-refractivity contribution in [3.63, 3.8) is 0 Å². The van der Waals surface area contributed by atoms with Gasteiger partial charge in [-0.3, -0.25) is 4.79 Å². The third-order valence-corrected chi connectivity index (χ3v) is 4.98. The standard InChI is InChI=1S/C20H20FN3O/c21-17-7-5-15(6-8-17)16-9-11-23(13-16)20(25)10-12-24-14-22-18-3-1-2-4-19(18)24/h1-8,14,16H,9-13H2. The normalized spacial score (nSPS) is 17.3. The predicted octanol–water partition coefficient (Wildman–Crippen LogP) is 3.58. The highest BCUT2D eigenvalue weighted by Crippen LogP contribution is 2.27. The molecule has 0 spiro atoms. The average molecular weight is 337 g/mol. The van der Waals surface area contributed by atoms with E-state index in [1.54, 1.807) is 6.33 Å². The number of imidazole rings is 1. The monoisotopic (exact) mass is 337 g/mol. The van der Waals surface area contributed by atoms with Crippen molar-refractivity contribution in [3.05, 3.63) is 66.2 Å². The van der Waals surface area contributed by atoms with E-state index in [0.29, 0.717) is 18.9 Å². The van der Waals surface area contributed by atoms with Crippen molar-refractivity contribution in [2.75, 3.05) is 13.1 Å². The molecule has 3 aromatic rings. The van der Waals surface area contributed by atoms with E-state index in [-0.39, 0.29) is 11.7 Å². The van der Waals surface area contributed by atoms with Gasteiger partial charge < -0.3 is 9.47 Å². The molecule has 1 aliphatic rings. The number of carbonyl (C=O) groups is 1. The maximum atomic E-state index is 13.1. The Morgan fingerprint density at radius 2 is 1.96 bits per heavy atom. The number of aromatic nitrogens is 2. The topological polar surface area (TPSA) is 38.1 Å². The first-order chi connectivity index (χ1) is 12.2. The lowest BCUT2D eigenvalue weighted by molar-refractivity contribution is -0.130. The first-order valence-electron chi connectivity index (χ1n) is 8.64. The molecule has 1 fully saturated rings. The van der Waals surface area contributed by atoms with Crippen LogP contribution in [0.2, 0.25) is 0 Å². The van der Waals surface area contributed by atoms with Crippen LogP contribution >= 0.6 is 0 Å². The maximum absolute atomic E-state index is 13.1. The van der Waals surface area contributed by atoms with Gasteiger partial charge in [0.05, 0.1) is 17.4 Å². The molecule has 0 aliphatic carbocycles. The molecule has 0 saturated carbocycles. The van der Waals surface area contributed by atoms with Gasteiger partial charge in [0, 0.05) is 32.0 Å². The van der Waals surface area contributed by atoms with Gasteiger partial charge in [-0.05, 0) is 36.2 Å². The largest absolute Gasteiger partial charge is 0.342 e. The molecule has 4 nitrogen and oxygen atoms in total. The molecule has 0 N–H and O–H groups in total. The number of hydrogen-bond acceptors (Lipinski definition) is 2. The number of aryl methyl sites for hydroxylation is 1. The van der Waals surface area contributed by atoms with Crippen LogP contribution in [-0.2, 0) is 11.3 Å². The third-order valence-electron chi connectivity index (χ3n) is 4.98. The summed E-state index contributed by atoms with van der Waals surface area (Å²) in [4.78, 5) is 18.8. The highest BCUT2D eigenvalue weighted by Gasteiger charge is 2.27. The SMILES string of the molecule is O=C(CCn1cnc2ccccc21)N1CCC(c2ccc(F)cc2)C1. The second-order valence-corrected chi connectivity index (χ2v) is 6.55. The summed E-state index contributed by atoms with van der Waals surface area (Å²) in [5.74, 6) is 0.253. The lowest BCUT2D eigenvalue weighted by Gasteiger charge is -2.17. The zero-order valence-corrected chi connectivity index (χ0v) is 13.9. The summed E-state index contributed by atoms with van der Waals surface area (Å²) in [7, 11) is 0. The fourth-order valence-corrected chi connectivity index (χ4v) is 3.56. The molecule has 1 amide bonds. The molecule has 1 aromatic heterocycles. The van der Waals surface area contributed by atoms with Gasteiger partial charge >= 0.3 is 0 Å². The molecule has 25 heavy (non-hydrogen) atoms. The van der Waals surface area contributed by atoms with E-state index in [2.05, 4.69) is 4.98 Å². The minimum Gasteiger partial charge on any atom is -0.342 e. The summed E-state index contributed by atoms with van der Waals surface area (Å²) in [5, 5.41) is 0. The molecule has 0 bridgehead atoms. The van der Waals surface area contributed by atoms with E-state index in [1.165, 1.54) is 12.1 Å². The number of halogens is 1. The smallest absolute Gasteiger partial charge is 0.224 e. The molecule has 1 atom stereocenters. The van der Waals surface area contributed by atoms with Gasteiger partial charge in [0.1, 0.15) is 5.82 Å². The van der Waals surface area contributed by atoms with Crippen molar-refractivity contribution in [1.82, 2.24) is 14.5 Å². The lowest BCUT2D eigenvalue weighted by Crippen LogP contribution is -2.29. The second kappa shape index (κ2) is 6.67. The molecule has 1 aliphatic heterocycles. The molecule has 2 heterocycles. The van der Waals surface area contributed by atoms with Gasteiger partial charge in [0.2, 0.25) is 5.91 Å². The predicted molar refractivity (Wildman–Crippen MR) is 94.7 cm³/mol.